The molecule has 1 aromatic carbocycles. The fourth-order valence-electron chi connectivity index (χ4n) is 3.46. The molecule has 1 saturated carbocycles. The van der Waals surface area contributed by atoms with Crippen LogP contribution in [0.15, 0.2) is 18.2 Å². The summed E-state index contributed by atoms with van der Waals surface area (Å²) < 4.78 is 5.55. The van der Waals surface area contributed by atoms with Crippen molar-refractivity contribution in [2.45, 2.75) is 51.5 Å². The average Bonchev–Trinajstić information content (AvgIpc) is 3.09. The van der Waals surface area contributed by atoms with Crippen molar-refractivity contribution < 1.29 is 4.74 Å². The standard InChI is InChI=1S/C17H25NO/c1-13(15-4-2-3-5-15)18-10-8-14-6-7-17-16(12-14)9-11-19-17/h6-7,12-13,15,18H,2-5,8-11H2,1H3. The molecule has 1 unspecified atom stereocenters. The Kier molecular flexibility index (Phi) is 4.07. The molecule has 1 heterocycles. The normalized spacial score (nSPS) is 20.3. The van der Waals surface area contributed by atoms with Crippen molar-refractivity contribution in [3.8, 4) is 5.75 Å². The van der Waals surface area contributed by atoms with E-state index >= 15 is 0 Å². The van der Waals surface area contributed by atoms with Crippen LogP contribution in [0.25, 0.3) is 0 Å². The number of ether oxygens (including phenoxy) is 1. The SMILES string of the molecule is CC(NCCc1ccc2c(c1)CCO2)C1CCCC1. The highest BCUT2D eigenvalue weighted by atomic mass is 16.5. The Balaban J connectivity index is 1.47. The van der Waals surface area contributed by atoms with Gasteiger partial charge in [-0.1, -0.05) is 25.0 Å². The molecule has 1 aliphatic carbocycles. The third-order valence-electron chi connectivity index (χ3n) is 4.74. The fourth-order valence-corrected chi connectivity index (χ4v) is 3.46. The highest BCUT2D eigenvalue weighted by Gasteiger charge is 2.20. The van der Waals surface area contributed by atoms with Crippen molar-refractivity contribution in [2.75, 3.05) is 13.2 Å². The average molecular weight is 259 g/mol. The second kappa shape index (κ2) is 5.96. The molecule has 2 heteroatoms. The Bertz CT molecular complexity index is 423. The van der Waals surface area contributed by atoms with Gasteiger partial charge in [-0.25, -0.2) is 0 Å². The molecule has 2 nitrogen and oxygen atoms in total. The zero-order valence-corrected chi connectivity index (χ0v) is 12.0. The van der Waals surface area contributed by atoms with Crippen LogP contribution >= 0.6 is 0 Å². The van der Waals surface area contributed by atoms with E-state index in [2.05, 4.69) is 30.4 Å². The van der Waals surface area contributed by atoms with Crippen molar-refractivity contribution in [1.82, 2.24) is 5.32 Å². The molecule has 0 aromatic heterocycles. The summed E-state index contributed by atoms with van der Waals surface area (Å²) in [6.07, 6.45) is 7.91. The van der Waals surface area contributed by atoms with Crippen molar-refractivity contribution in [3.63, 3.8) is 0 Å². The first-order valence-corrected chi connectivity index (χ1v) is 7.81. The van der Waals surface area contributed by atoms with Crippen LogP contribution in [0.2, 0.25) is 0 Å². The van der Waals surface area contributed by atoms with Gasteiger partial charge in [0.15, 0.2) is 0 Å². The third-order valence-corrected chi connectivity index (χ3v) is 4.74. The summed E-state index contributed by atoms with van der Waals surface area (Å²) in [5, 5.41) is 3.71. The van der Waals surface area contributed by atoms with Crippen LogP contribution in [0.4, 0.5) is 0 Å². The summed E-state index contributed by atoms with van der Waals surface area (Å²) in [6.45, 7) is 4.31. The Labute approximate surface area is 116 Å². The maximum Gasteiger partial charge on any atom is 0.122 e. The molecule has 0 bridgehead atoms. The van der Waals surface area contributed by atoms with E-state index in [-0.39, 0.29) is 0 Å². The van der Waals surface area contributed by atoms with Crippen LogP contribution < -0.4 is 10.1 Å². The molecule has 2 aliphatic rings. The summed E-state index contributed by atoms with van der Waals surface area (Å²) >= 11 is 0. The maximum atomic E-state index is 5.55. The highest BCUT2D eigenvalue weighted by Crippen LogP contribution is 2.28. The molecular formula is C17H25NO. The lowest BCUT2D eigenvalue weighted by Crippen LogP contribution is -2.33. The van der Waals surface area contributed by atoms with Gasteiger partial charge < -0.3 is 10.1 Å². The lowest BCUT2D eigenvalue weighted by atomic mass is 9.99. The summed E-state index contributed by atoms with van der Waals surface area (Å²) in [6, 6.07) is 7.36. The topological polar surface area (TPSA) is 21.3 Å². The van der Waals surface area contributed by atoms with E-state index in [1.165, 1.54) is 36.8 Å². The monoisotopic (exact) mass is 259 g/mol. The molecule has 1 fully saturated rings. The van der Waals surface area contributed by atoms with Gasteiger partial charge in [0.1, 0.15) is 5.75 Å². The lowest BCUT2D eigenvalue weighted by molar-refractivity contribution is 0.357. The predicted molar refractivity (Wildman–Crippen MR) is 78.8 cm³/mol. The first-order chi connectivity index (χ1) is 9.33. The summed E-state index contributed by atoms with van der Waals surface area (Å²) in [5.74, 6) is 2.00. The molecule has 0 saturated heterocycles. The van der Waals surface area contributed by atoms with Gasteiger partial charge in [0.2, 0.25) is 0 Å². The van der Waals surface area contributed by atoms with Crippen LogP contribution in [-0.2, 0) is 12.8 Å². The van der Waals surface area contributed by atoms with E-state index in [0.717, 1.165) is 37.7 Å². The Hall–Kier alpha value is -1.02. The molecule has 1 atom stereocenters. The number of nitrogens with one attached hydrogen (secondary N) is 1. The molecule has 3 rings (SSSR count). The Morgan fingerprint density at radius 2 is 2.16 bits per heavy atom. The summed E-state index contributed by atoms with van der Waals surface area (Å²) in [7, 11) is 0. The number of hydrogen-bond donors (Lipinski definition) is 1. The Morgan fingerprint density at radius 3 is 3.00 bits per heavy atom. The van der Waals surface area contributed by atoms with Crippen LogP contribution in [0.3, 0.4) is 0 Å². The minimum Gasteiger partial charge on any atom is -0.493 e. The number of fused-ring (bicyclic) bond motifs is 1. The van der Waals surface area contributed by atoms with Gasteiger partial charge in [-0.15, -0.1) is 0 Å². The van der Waals surface area contributed by atoms with Gasteiger partial charge in [-0.3, -0.25) is 0 Å². The second-order valence-corrected chi connectivity index (χ2v) is 6.08. The zero-order chi connectivity index (χ0) is 13.1. The third kappa shape index (κ3) is 3.11. The smallest absolute Gasteiger partial charge is 0.122 e. The maximum absolute atomic E-state index is 5.55. The largest absolute Gasteiger partial charge is 0.493 e. The van der Waals surface area contributed by atoms with Crippen molar-refractivity contribution in [2.24, 2.45) is 5.92 Å². The zero-order valence-electron chi connectivity index (χ0n) is 12.0. The second-order valence-electron chi connectivity index (χ2n) is 6.08. The van der Waals surface area contributed by atoms with Crippen LogP contribution in [0.5, 0.6) is 5.75 Å². The lowest BCUT2D eigenvalue weighted by Gasteiger charge is -2.20. The van der Waals surface area contributed by atoms with Gasteiger partial charge >= 0.3 is 0 Å². The molecule has 1 aromatic rings. The molecule has 1 N–H and O–H groups in total. The van der Waals surface area contributed by atoms with Crippen LogP contribution in [-0.4, -0.2) is 19.2 Å². The highest BCUT2D eigenvalue weighted by molar-refractivity contribution is 5.39. The van der Waals surface area contributed by atoms with Crippen molar-refractivity contribution >= 4 is 0 Å². The van der Waals surface area contributed by atoms with E-state index in [1.807, 2.05) is 0 Å². The van der Waals surface area contributed by atoms with E-state index < -0.39 is 0 Å². The molecule has 1 aliphatic heterocycles. The van der Waals surface area contributed by atoms with E-state index in [4.69, 9.17) is 4.74 Å². The molecular weight excluding hydrogens is 234 g/mol. The fraction of sp³-hybridized carbons (Fsp3) is 0.647. The minimum absolute atomic E-state index is 0.681. The number of rotatable bonds is 5. The van der Waals surface area contributed by atoms with Gasteiger partial charge in [0.25, 0.3) is 0 Å². The van der Waals surface area contributed by atoms with Gasteiger partial charge in [0, 0.05) is 12.5 Å². The van der Waals surface area contributed by atoms with E-state index in [1.54, 1.807) is 0 Å². The van der Waals surface area contributed by atoms with Crippen molar-refractivity contribution in [3.05, 3.63) is 29.3 Å². The minimum atomic E-state index is 0.681. The molecule has 104 valence electrons. The number of benzene rings is 1. The quantitative estimate of drug-likeness (QED) is 0.875. The van der Waals surface area contributed by atoms with E-state index in [9.17, 15) is 0 Å². The summed E-state index contributed by atoms with van der Waals surface area (Å²) in [5.41, 5.74) is 2.83. The first-order valence-electron chi connectivity index (χ1n) is 7.81. The van der Waals surface area contributed by atoms with Crippen molar-refractivity contribution in [1.29, 1.82) is 0 Å². The van der Waals surface area contributed by atoms with Crippen LogP contribution in [0.1, 0.15) is 43.7 Å². The Morgan fingerprint density at radius 1 is 1.32 bits per heavy atom. The van der Waals surface area contributed by atoms with Gasteiger partial charge in [-0.2, -0.15) is 0 Å². The number of hydrogen-bond acceptors (Lipinski definition) is 2. The van der Waals surface area contributed by atoms with E-state index in [0.29, 0.717) is 6.04 Å². The predicted octanol–water partition coefficient (Wildman–Crippen LogP) is 3.33. The van der Waals surface area contributed by atoms with Gasteiger partial charge in [0.05, 0.1) is 6.61 Å². The molecule has 0 amide bonds. The molecule has 0 spiro atoms. The first kappa shape index (κ1) is 13.0. The van der Waals surface area contributed by atoms with Gasteiger partial charge in [-0.05, 0) is 55.8 Å². The summed E-state index contributed by atoms with van der Waals surface area (Å²) in [4.78, 5) is 0. The molecule has 19 heavy (non-hydrogen) atoms. The molecule has 0 radical (unpaired) electrons. The van der Waals surface area contributed by atoms with Crippen LogP contribution in [0, 0.1) is 5.92 Å².